The molecule has 0 amide bonds. The van der Waals surface area contributed by atoms with Crippen LogP contribution in [0.15, 0.2) is 0 Å². The van der Waals surface area contributed by atoms with Gasteiger partial charge in [0.1, 0.15) is 5.54 Å². The molecule has 0 heterocycles. The lowest BCUT2D eigenvalue weighted by Crippen LogP contribution is -2.40. The van der Waals surface area contributed by atoms with Crippen molar-refractivity contribution in [2.75, 3.05) is 0 Å². The Morgan fingerprint density at radius 2 is 1.25 bits per heavy atom. The molecule has 0 unspecified atom stereocenters. The summed E-state index contributed by atoms with van der Waals surface area (Å²) in [4.78, 5) is 0. The zero-order chi connectivity index (χ0) is 7.00. The lowest BCUT2D eigenvalue weighted by molar-refractivity contribution is -0.177. The van der Waals surface area contributed by atoms with E-state index in [1.54, 1.807) is 0 Å². The van der Waals surface area contributed by atoms with Crippen LogP contribution in [0.25, 0.3) is 0 Å². The minimum Gasteiger partial charge on any atom is -0.242 e. The second kappa shape index (κ2) is 1.62. The van der Waals surface area contributed by atoms with Gasteiger partial charge in [-0.3, -0.25) is 0 Å². The third-order valence-electron chi connectivity index (χ3n) is 0.709. The zero-order valence-electron chi connectivity index (χ0n) is 4.63. The van der Waals surface area contributed by atoms with Crippen LogP contribution in [-0.4, -0.2) is 11.7 Å². The number of rotatable bonds is 0. The second-order valence-corrected chi connectivity index (χ2v) is 2.12. The first-order valence-corrected chi connectivity index (χ1v) is 2.07. The first-order valence-electron chi connectivity index (χ1n) is 2.07. The van der Waals surface area contributed by atoms with E-state index < -0.39 is 11.7 Å². The minimum absolute atomic E-state index is 0.812. The van der Waals surface area contributed by atoms with E-state index >= 15 is 0 Å². The van der Waals surface area contributed by atoms with Crippen LogP contribution in [0.5, 0.6) is 0 Å². The summed E-state index contributed by atoms with van der Waals surface area (Å²) in [6, 6.07) is 0. The molecule has 0 spiro atoms. The summed E-state index contributed by atoms with van der Waals surface area (Å²) in [6.07, 6.45) is -4.40. The molecule has 0 bridgehead atoms. The first-order chi connectivity index (χ1) is 3.25. The molecule has 0 atom stereocenters. The normalized spacial score (nSPS) is 14.2. The van der Waals surface area contributed by atoms with Gasteiger partial charge in [-0.05, 0) is 13.8 Å². The van der Waals surface area contributed by atoms with Crippen molar-refractivity contribution in [2.45, 2.75) is 25.6 Å². The molecule has 0 aliphatic carbocycles. The summed E-state index contributed by atoms with van der Waals surface area (Å²) in [5.41, 5.74) is 4.15. The maximum Gasteiger partial charge on any atom is 0.407 e. The van der Waals surface area contributed by atoms with E-state index in [9.17, 15) is 13.2 Å². The second-order valence-electron chi connectivity index (χ2n) is 2.12. The van der Waals surface area contributed by atoms with Gasteiger partial charge in [-0.25, -0.2) is 5.73 Å². The number of nitrogens with one attached hydrogen (secondary N) is 1. The molecule has 8 heavy (non-hydrogen) atoms. The molecule has 0 aliphatic heterocycles. The van der Waals surface area contributed by atoms with Gasteiger partial charge >= 0.3 is 6.18 Å². The molecule has 4 heteroatoms. The Morgan fingerprint density at radius 3 is 1.25 bits per heavy atom. The SMILES string of the molecule is CC(C)([NH])C(F)(F)F. The topological polar surface area (TPSA) is 23.8 Å². The average molecular weight is 126 g/mol. The highest BCUT2D eigenvalue weighted by atomic mass is 19.4. The fraction of sp³-hybridized carbons (Fsp3) is 1.00. The summed E-state index contributed by atoms with van der Waals surface area (Å²) in [5, 5.41) is 0. The van der Waals surface area contributed by atoms with Crippen molar-refractivity contribution in [1.29, 1.82) is 0 Å². The van der Waals surface area contributed by atoms with Crippen molar-refractivity contribution in [3.05, 3.63) is 0 Å². The lowest BCUT2D eigenvalue weighted by atomic mass is 10.1. The van der Waals surface area contributed by atoms with Crippen LogP contribution < -0.4 is 5.73 Å². The van der Waals surface area contributed by atoms with Crippen LogP contribution in [0.1, 0.15) is 13.8 Å². The molecule has 0 saturated carbocycles. The molecule has 1 radical (unpaired) electrons. The van der Waals surface area contributed by atoms with Crippen molar-refractivity contribution >= 4 is 0 Å². The van der Waals surface area contributed by atoms with Gasteiger partial charge in [0.25, 0.3) is 0 Å². The third-order valence-corrected chi connectivity index (χ3v) is 0.709. The summed E-state index contributed by atoms with van der Waals surface area (Å²) in [6.45, 7) is 1.62. The molecule has 0 aromatic rings. The quantitative estimate of drug-likeness (QED) is 0.471. The van der Waals surface area contributed by atoms with E-state index in [4.69, 9.17) is 5.73 Å². The van der Waals surface area contributed by atoms with Gasteiger partial charge in [-0.1, -0.05) is 0 Å². The van der Waals surface area contributed by atoms with E-state index in [1.165, 1.54) is 0 Å². The van der Waals surface area contributed by atoms with Crippen LogP contribution >= 0.6 is 0 Å². The number of hydrogen-bond donors (Lipinski definition) is 0. The van der Waals surface area contributed by atoms with Crippen molar-refractivity contribution in [2.24, 2.45) is 0 Å². The van der Waals surface area contributed by atoms with Crippen LogP contribution in [0.2, 0.25) is 0 Å². The largest absolute Gasteiger partial charge is 0.407 e. The molecule has 49 valence electrons. The van der Waals surface area contributed by atoms with E-state index in [2.05, 4.69) is 0 Å². The highest BCUT2D eigenvalue weighted by Crippen LogP contribution is 2.27. The van der Waals surface area contributed by atoms with E-state index in [0.29, 0.717) is 0 Å². The minimum atomic E-state index is -4.40. The molecule has 0 aromatic heterocycles. The summed E-state index contributed by atoms with van der Waals surface area (Å²) in [7, 11) is 0. The van der Waals surface area contributed by atoms with Crippen molar-refractivity contribution in [1.82, 2.24) is 5.73 Å². The van der Waals surface area contributed by atoms with Crippen molar-refractivity contribution in [3.63, 3.8) is 0 Å². The van der Waals surface area contributed by atoms with Gasteiger partial charge in [0.2, 0.25) is 0 Å². The monoisotopic (exact) mass is 126 g/mol. The molecule has 0 fully saturated rings. The van der Waals surface area contributed by atoms with E-state index in [1.807, 2.05) is 0 Å². The summed E-state index contributed by atoms with van der Waals surface area (Å²) in [5.74, 6) is 0. The summed E-state index contributed by atoms with van der Waals surface area (Å²) >= 11 is 0. The van der Waals surface area contributed by atoms with E-state index in [0.717, 1.165) is 13.8 Å². The van der Waals surface area contributed by atoms with Gasteiger partial charge in [0, 0.05) is 0 Å². The Bertz CT molecular complexity index is 66.3. The fourth-order valence-corrected chi connectivity index (χ4v) is 0. The van der Waals surface area contributed by atoms with Crippen molar-refractivity contribution in [3.8, 4) is 0 Å². The van der Waals surface area contributed by atoms with Gasteiger partial charge in [-0.15, -0.1) is 0 Å². The molecule has 1 nitrogen and oxygen atoms in total. The standard InChI is InChI=1S/C4H7F3N/c1-3(2,8)4(5,6)7/h8H,1-2H3. The van der Waals surface area contributed by atoms with Gasteiger partial charge in [-0.2, -0.15) is 13.2 Å². The van der Waals surface area contributed by atoms with Crippen LogP contribution in [-0.2, 0) is 0 Å². The Hall–Kier alpha value is -0.250. The smallest absolute Gasteiger partial charge is 0.242 e. The van der Waals surface area contributed by atoms with Crippen LogP contribution in [0.3, 0.4) is 0 Å². The predicted octanol–water partition coefficient (Wildman–Crippen LogP) is 1.61. The first kappa shape index (κ1) is 7.75. The van der Waals surface area contributed by atoms with Gasteiger partial charge < -0.3 is 0 Å². The Morgan fingerprint density at radius 1 is 1.12 bits per heavy atom. The number of hydrogen-bond acceptors (Lipinski definition) is 0. The maximum atomic E-state index is 11.4. The molecule has 0 saturated heterocycles. The number of alkyl halides is 3. The van der Waals surface area contributed by atoms with E-state index in [-0.39, 0.29) is 0 Å². The summed E-state index contributed by atoms with van der Waals surface area (Å²) < 4.78 is 34.1. The van der Waals surface area contributed by atoms with Crippen molar-refractivity contribution < 1.29 is 13.2 Å². The fourth-order valence-electron chi connectivity index (χ4n) is 0. The molecule has 0 aromatic carbocycles. The van der Waals surface area contributed by atoms with Crippen LogP contribution in [0, 0.1) is 0 Å². The Labute approximate surface area is 45.7 Å². The maximum absolute atomic E-state index is 11.4. The van der Waals surface area contributed by atoms with Gasteiger partial charge in [0.15, 0.2) is 0 Å². The highest BCUT2D eigenvalue weighted by molar-refractivity contribution is 4.79. The molecular weight excluding hydrogens is 119 g/mol. The molecular formula is C4H7F3N. The zero-order valence-corrected chi connectivity index (χ0v) is 4.63. The lowest BCUT2D eigenvalue weighted by Gasteiger charge is -2.20. The van der Waals surface area contributed by atoms with Gasteiger partial charge in [0.05, 0.1) is 0 Å². The third kappa shape index (κ3) is 1.69. The molecule has 0 rings (SSSR count). The number of halogens is 3. The predicted molar refractivity (Wildman–Crippen MR) is 23.2 cm³/mol. The molecule has 1 N–H and O–H groups in total. The average Bonchev–Trinajstić information content (AvgIpc) is 1.25. The Balaban J connectivity index is 4.02. The molecule has 0 aliphatic rings. The highest BCUT2D eigenvalue weighted by Gasteiger charge is 2.44. The Kier molecular flexibility index (Phi) is 1.57. The van der Waals surface area contributed by atoms with Crippen LogP contribution in [0.4, 0.5) is 13.2 Å².